The Labute approximate surface area is 207 Å². The lowest BCUT2D eigenvalue weighted by Crippen LogP contribution is -2.24. The zero-order valence-corrected chi connectivity index (χ0v) is 19.7. The maximum absolute atomic E-state index is 12.8. The summed E-state index contributed by atoms with van der Waals surface area (Å²) in [4.78, 5) is 22.0. The van der Waals surface area contributed by atoms with Crippen LogP contribution in [0, 0.1) is 11.6 Å². The van der Waals surface area contributed by atoms with Gasteiger partial charge in [-0.25, -0.2) is 8.78 Å². The van der Waals surface area contributed by atoms with Crippen molar-refractivity contribution in [3.05, 3.63) is 113 Å². The largest absolute Gasteiger partial charge is 0.497 e. The molecule has 8 heteroatoms. The fourth-order valence-electron chi connectivity index (χ4n) is 3.35. The highest BCUT2D eigenvalue weighted by atomic mass is 19.1. The van der Waals surface area contributed by atoms with Gasteiger partial charge < -0.3 is 19.8 Å². The predicted octanol–water partition coefficient (Wildman–Crippen LogP) is 5.02. The smallest absolute Gasteiger partial charge is 0.224 e. The van der Waals surface area contributed by atoms with Gasteiger partial charge in [0, 0.05) is 30.3 Å². The topological polar surface area (TPSA) is 80.6 Å². The standard InChI is InChI=1S/C20H19NO3.C8H7F2NO/c1-23-17-10-8-15(9-11-17)13-20(22)21-14-16-5-2-3-6-18(16)19-7-4-12-24-19;9-7-2-1-6(4-11-5-12)8(10)3-7/h2-12H,13-14H2,1H3,(H,21,22);1-3,5H,4H2,(H,11,12). The Morgan fingerprint density at radius 1 is 0.944 bits per heavy atom. The number of hydrogen-bond acceptors (Lipinski definition) is 4. The first kappa shape index (κ1) is 26.2. The Morgan fingerprint density at radius 2 is 1.72 bits per heavy atom. The van der Waals surface area contributed by atoms with Crippen LogP contribution >= 0.6 is 0 Å². The molecule has 4 aromatic rings. The van der Waals surface area contributed by atoms with Gasteiger partial charge in [-0.2, -0.15) is 0 Å². The fourth-order valence-corrected chi connectivity index (χ4v) is 3.35. The Balaban J connectivity index is 0.000000253. The van der Waals surface area contributed by atoms with Gasteiger partial charge in [0.25, 0.3) is 0 Å². The third-order valence-corrected chi connectivity index (χ3v) is 5.19. The Hall–Kier alpha value is -4.46. The summed E-state index contributed by atoms with van der Waals surface area (Å²) in [5.74, 6) is 0.294. The third kappa shape index (κ3) is 7.80. The van der Waals surface area contributed by atoms with Gasteiger partial charge in [-0.1, -0.05) is 42.5 Å². The number of furan rings is 1. The monoisotopic (exact) mass is 492 g/mol. The van der Waals surface area contributed by atoms with Crippen LogP contribution in [-0.2, 0) is 29.1 Å². The van der Waals surface area contributed by atoms with Crippen LogP contribution < -0.4 is 15.4 Å². The molecular weight excluding hydrogens is 466 g/mol. The summed E-state index contributed by atoms with van der Waals surface area (Å²) in [6.07, 6.45) is 2.45. The quantitative estimate of drug-likeness (QED) is 0.322. The molecule has 0 unspecified atom stereocenters. The second-order valence-corrected chi connectivity index (χ2v) is 7.67. The molecule has 1 aromatic heterocycles. The summed E-state index contributed by atoms with van der Waals surface area (Å²) in [5, 5.41) is 5.25. The zero-order valence-electron chi connectivity index (χ0n) is 19.7. The van der Waals surface area contributed by atoms with Crippen LogP contribution in [0.15, 0.2) is 89.5 Å². The maximum atomic E-state index is 12.8. The first-order valence-electron chi connectivity index (χ1n) is 11.1. The summed E-state index contributed by atoms with van der Waals surface area (Å²) >= 11 is 0. The number of halogens is 2. The van der Waals surface area contributed by atoms with Crippen molar-refractivity contribution in [1.82, 2.24) is 10.6 Å². The Morgan fingerprint density at radius 3 is 2.39 bits per heavy atom. The van der Waals surface area contributed by atoms with Gasteiger partial charge in [-0.3, -0.25) is 9.59 Å². The van der Waals surface area contributed by atoms with Crippen molar-refractivity contribution in [2.24, 2.45) is 0 Å². The van der Waals surface area contributed by atoms with E-state index < -0.39 is 11.6 Å². The lowest BCUT2D eigenvalue weighted by Gasteiger charge is -2.09. The highest BCUT2D eigenvalue weighted by Crippen LogP contribution is 2.24. The van der Waals surface area contributed by atoms with Crippen LogP contribution in [0.25, 0.3) is 11.3 Å². The lowest BCUT2D eigenvalue weighted by atomic mass is 10.1. The van der Waals surface area contributed by atoms with Crippen molar-refractivity contribution < 1.29 is 27.5 Å². The maximum Gasteiger partial charge on any atom is 0.224 e. The molecule has 4 rings (SSSR count). The van der Waals surface area contributed by atoms with Gasteiger partial charge in [0.05, 0.1) is 19.8 Å². The molecule has 0 atom stereocenters. The first-order chi connectivity index (χ1) is 17.5. The number of ether oxygens (including phenoxy) is 1. The number of benzene rings is 3. The Kier molecular flexibility index (Phi) is 9.76. The Bertz CT molecular complexity index is 1260. The first-order valence-corrected chi connectivity index (χ1v) is 11.1. The molecule has 0 saturated heterocycles. The number of amides is 2. The summed E-state index contributed by atoms with van der Waals surface area (Å²) in [6, 6.07) is 22.4. The van der Waals surface area contributed by atoms with Crippen molar-refractivity contribution >= 4 is 12.3 Å². The zero-order chi connectivity index (χ0) is 25.8. The molecule has 0 fully saturated rings. The van der Waals surface area contributed by atoms with Crippen LogP contribution in [0.2, 0.25) is 0 Å². The van der Waals surface area contributed by atoms with Crippen molar-refractivity contribution in [2.75, 3.05) is 7.11 Å². The molecule has 0 aliphatic rings. The number of rotatable bonds is 9. The molecule has 0 spiro atoms. The molecule has 0 aliphatic heterocycles. The third-order valence-electron chi connectivity index (χ3n) is 5.19. The highest BCUT2D eigenvalue weighted by Gasteiger charge is 2.09. The fraction of sp³-hybridized carbons (Fsp3) is 0.143. The van der Waals surface area contributed by atoms with Gasteiger partial charge in [0.2, 0.25) is 12.3 Å². The number of carbonyl (C=O) groups excluding carboxylic acids is 2. The van der Waals surface area contributed by atoms with Gasteiger partial charge in [0.15, 0.2) is 0 Å². The molecule has 6 nitrogen and oxygen atoms in total. The van der Waals surface area contributed by atoms with E-state index in [1.54, 1.807) is 13.4 Å². The van der Waals surface area contributed by atoms with Crippen LogP contribution in [-0.4, -0.2) is 19.4 Å². The molecule has 1 heterocycles. The van der Waals surface area contributed by atoms with Gasteiger partial charge >= 0.3 is 0 Å². The van der Waals surface area contributed by atoms with Crippen molar-refractivity contribution in [2.45, 2.75) is 19.5 Å². The van der Waals surface area contributed by atoms with Crippen LogP contribution in [0.5, 0.6) is 5.75 Å². The number of nitrogens with one attached hydrogen (secondary N) is 2. The molecule has 36 heavy (non-hydrogen) atoms. The van der Waals surface area contributed by atoms with Gasteiger partial charge in [-0.05, 0) is 41.5 Å². The molecule has 0 saturated carbocycles. The molecule has 3 aromatic carbocycles. The molecule has 0 aliphatic carbocycles. The van der Waals surface area contributed by atoms with E-state index in [0.717, 1.165) is 40.3 Å². The molecule has 0 radical (unpaired) electrons. The highest BCUT2D eigenvalue weighted by molar-refractivity contribution is 5.79. The minimum Gasteiger partial charge on any atom is -0.497 e. The van der Waals surface area contributed by atoms with E-state index >= 15 is 0 Å². The second kappa shape index (κ2) is 13.4. The minimum atomic E-state index is -0.649. The van der Waals surface area contributed by atoms with Crippen molar-refractivity contribution in [3.63, 3.8) is 0 Å². The number of methoxy groups -OCH3 is 1. The normalized spacial score (nSPS) is 10.1. The molecule has 186 valence electrons. The van der Waals surface area contributed by atoms with Crippen LogP contribution in [0.4, 0.5) is 8.78 Å². The van der Waals surface area contributed by atoms with Crippen LogP contribution in [0.1, 0.15) is 16.7 Å². The molecule has 0 bridgehead atoms. The van der Waals surface area contributed by atoms with E-state index in [9.17, 15) is 18.4 Å². The van der Waals surface area contributed by atoms with E-state index in [1.165, 1.54) is 6.07 Å². The van der Waals surface area contributed by atoms with E-state index in [4.69, 9.17) is 9.15 Å². The molecule has 2 amide bonds. The van der Waals surface area contributed by atoms with E-state index in [-0.39, 0.29) is 18.0 Å². The lowest BCUT2D eigenvalue weighted by molar-refractivity contribution is -0.120. The molecular formula is C28H26F2N2O4. The predicted molar refractivity (Wildman–Crippen MR) is 132 cm³/mol. The second-order valence-electron chi connectivity index (χ2n) is 7.67. The summed E-state index contributed by atoms with van der Waals surface area (Å²) in [5.41, 5.74) is 3.24. The van der Waals surface area contributed by atoms with Crippen LogP contribution in [0.3, 0.4) is 0 Å². The van der Waals surface area contributed by atoms with Crippen molar-refractivity contribution in [1.29, 1.82) is 0 Å². The summed E-state index contributed by atoms with van der Waals surface area (Å²) < 4.78 is 35.7. The average molecular weight is 493 g/mol. The van der Waals surface area contributed by atoms with Crippen molar-refractivity contribution in [3.8, 4) is 17.1 Å². The van der Waals surface area contributed by atoms with E-state index in [2.05, 4.69) is 10.6 Å². The number of hydrogen-bond donors (Lipinski definition) is 2. The van der Waals surface area contributed by atoms with Gasteiger partial charge in [0.1, 0.15) is 23.1 Å². The molecule has 2 N–H and O–H groups in total. The average Bonchev–Trinajstić information content (AvgIpc) is 3.43. The summed E-state index contributed by atoms with van der Waals surface area (Å²) in [7, 11) is 1.62. The SMILES string of the molecule is COc1ccc(CC(=O)NCc2ccccc2-c2ccco2)cc1.O=CNCc1ccc(F)cc1F. The van der Waals surface area contributed by atoms with E-state index in [1.807, 2.05) is 60.7 Å². The van der Waals surface area contributed by atoms with Gasteiger partial charge in [-0.15, -0.1) is 0 Å². The number of carbonyl (C=O) groups is 2. The van der Waals surface area contributed by atoms with E-state index in [0.29, 0.717) is 19.4 Å². The summed E-state index contributed by atoms with van der Waals surface area (Å²) in [6.45, 7) is 0.543. The minimum absolute atomic E-state index is 0.0191.